The molecule has 1 aliphatic heterocycles. The van der Waals surface area contributed by atoms with Crippen LogP contribution < -0.4 is 0 Å². The Morgan fingerprint density at radius 1 is 1.39 bits per heavy atom. The average molecular weight is 243 g/mol. The molecule has 1 aromatic rings. The fraction of sp³-hybridized carbons (Fsp3) is 0.333. The Morgan fingerprint density at radius 2 is 2.00 bits per heavy atom. The summed E-state index contributed by atoms with van der Waals surface area (Å²) in [6, 6.07) is 9.52. The second kappa shape index (κ2) is 4.41. The van der Waals surface area contributed by atoms with Crippen molar-refractivity contribution in [2.24, 2.45) is 5.41 Å². The van der Waals surface area contributed by atoms with Crippen LogP contribution >= 0.6 is 0 Å². The van der Waals surface area contributed by atoms with E-state index < -0.39 is 5.41 Å². The maximum atomic E-state index is 12.3. The van der Waals surface area contributed by atoms with Crippen LogP contribution in [-0.4, -0.2) is 16.7 Å². The Labute approximate surface area is 107 Å². The summed E-state index contributed by atoms with van der Waals surface area (Å²) in [5, 5.41) is 0. The number of likely N-dealkylation sites (tertiary alicyclic amines) is 1. The molecule has 1 aromatic carbocycles. The van der Waals surface area contributed by atoms with Crippen molar-refractivity contribution in [2.75, 3.05) is 0 Å². The van der Waals surface area contributed by atoms with Crippen LogP contribution in [0.5, 0.6) is 0 Å². The largest absolute Gasteiger partial charge is 0.274 e. The highest BCUT2D eigenvalue weighted by atomic mass is 16.2. The first-order valence-corrected chi connectivity index (χ1v) is 6.02. The van der Waals surface area contributed by atoms with Crippen molar-refractivity contribution in [3.05, 3.63) is 48.6 Å². The molecular formula is C15H17NO2. The van der Waals surface area contributed by atoms with E-state index in [-0.39, 0.29) is 17.9 Å². The minimum absolute atomic E-state index is 0.108. The molecule has 3 heteroatoms. The molecule has 3 nitrogen and oxygen atoms in total. The molecule has 18 heavy (non-hydrogen) atoms. The molecule has 0 saturated carbocycles. The van der Waals surface area contributed by atoms with E-state index in [0.29, 0.717) is 6.42 Å². The van der Waals surface area contributed by atoms with Gasteiger partial charge in [0, 0.05) is 0 Å². The maximum Gasteiger partial charge on any atom is 0.239 e. The number of hydrogen-bond donors (Lipinski definition) is 0. The van der Waals surface area contributed by atoms with Crippen molar-refractivity contribution in [2.45, 2.75) is 26.3 Å². The van der Waals surface area contributed by atoms with Crippen LogP contribution in [0.4, 0.5) is 0 Å². The van der Waals surface area contributed by atoms with Crippen LogP contribution in [0.15, 0.2) is 43.0 Å². The van der Waals surface area contributed by atoms with Crippen molar-refractivity contribution in [1.82, 2.24) is 4.90 Å². The summed E-state index contributed by atoms with van der Waals surface area (Å²) in [6.07, 6.45) is 1.99. The van der Waals surface area contributed by atoms with E-state index in [1.54, 1.807) is 19.9 Å². The molecule has 0 aliphatic carbocycles. The summed E-state index contributed by atoms with van der Waals surface area (Å²) in [5.41, 5.74) is 0.300. The quantitative estimate of drug-likeness (QED) is 0.604. The zero-order valence-electron chi connectivity index (χ0n) is 10.7. The van der Waals surface area contributed by atoms with E-state index in [1.165, 1.54) is 4.90 Å². The molecule has 1 atom stereocenters. The zero-order chi connectivity index (χ0) is 13.3. The first kappa shape index (κ1) is 12.6. The van der Waals surface area contributed by atoms with Gasteiger partial charge in [-0.3, -0.25) is 14.5 Å². The summed E-state index contributed by atoms with van der Waals surface area (Å²) in [6.45, 7) is 7.21. The van der Waals surface area contributed by atoms with Gasteiger partial charge in [0.2, 0.25) is 11.8 Å². The number of rotatable bonds is 3. The minimum atomic E-state index is -0.705. The van der Waals surface area contributed by atoms with Gasteiger partial charge in [-0.15, -0.1) is 6.58 Å². The lowest BCUT2D eigenvalue weighted by atomic mass is 9.86. The number of imide groups is 1. The van der Waals surface area contributed by atoms with Crippen LogP contribution in [-0.2, 0) is 9.59 Å². The number of β-lactam (4-membered cyclic amide) rings is 1. The summed E-state index contributed by atoms with van der Waals surface area (Å²) >= 11 is 0. The van der Waals surface area contributed by atoms with Gasteiger partial charge in [0.25, 0.3) is 0 Å². The van der Waals surface area contributed by atoms with Crippen LogP contribution in [0, 0.1) is 5.41 Å². The Kier molecular flexibility index (Phi) is 3.07. The summed E-state index contributed by atoms with van der Waals surface area (Å²) in [7, 11) is 0. The predicted molar refractivity (Wildman–Crippen MR) is 69.6 cm³/mol. The zero-order valence-corrected chi connectivity index (χ0v) is 10.7. The Hall–Kier alpha value is -1.90. The molecule has 0 aromatic heterocycles. The molecule has 1 unspecified atom stereocenters. The first-order valence-electron chi connectivity index (χ1n) is 6.02. The molecule has 2 amide bonds. The summed E-state index contributed by atoms with van der Waals surface area (Å²) in [5.74, 6) is -0.286. The van der Waals surface area contributed by atoms with Crippen LogP contribution in [0.1, 0.15) is 31.9 Å². The van der Waals surface area contributed by atoms with Gasteiger partial charge in [0.05, 0.1) is 17.9 Å². The summed E-state index contributed by atoms with van der Waals surface area (Å²) in [4.78, 5) is 25.4. The normalized spacial score (nSPS) is 19.3. The molecule has 1 heterocycles. The van der Waals surface area contributed by atoms with E-state index in [4.69, 9.17) is 0 Å². The third-order valence-electron chi connectivity index (χ3n) is 3.41. The Morgan fingerprint density at radius 3 is 2.50 bits per heavy atom. The molecule has 94 valence electrons. The lowest BCUT2D eigenvalue weighted by Crippen LogP contribution is -2.53. The van der Waals surface area contributed by atoms with Crippen LogP contribution in [0.3, 0.4) is 0 Å². The van der Waals surface area contributed by atoms with E-state index in [2.05, 4.69) is 6.58 Å². The number of nitrogens with zero attached hydrogens (tertiary/aromatic N) is 1. The van der Waals surface area contributed by atoms with E-state index in [1.807, 2.05) is 30.3 Å². The first-order chi connectivity index (χ1) is 8.47. The molecule has 1 saturated heterocycles. The van der Waals surface area contributed by atoms with Gasteiger partial charge in [-0.05, 0) is 19.4 Å². The Balaban J connectivity index is 2.25. The van der Waals surface area contributed by atoms with Gasteiger partial charge in [-0.25, -0.2) is 0 Å². The highest BCUT2D eigenvalue weighted by molar-refractivity contribution is 6.03. The number of carbonyl (C=O) groups is 2. The standard InChI is InChI=1S/C15H17NO2/c1-4-15(2,3)14(18)16-12(10-13(16)17)11-8-6-5-7-9-11/h4-9,12H,1,10H2,2-3H3. The molecular weight excluding hydrogens is 226 g/mol. The lowest BCUT2D eigenvalue weighted by Gasteiger charge is -2.42. The third-order valence-corrected chi connectivity index (χ3v) is 3.41. The molecule has 2 rings (SSSR count). The number of carbonyl (C=O) groups excluding carboxylic acids is 2. The van der Waals surface area contributed by atoms with Gasteiger partial charge in [-0.2, -0.15) is 0 Å². The Bertz CT molecular complexity index is 490. The molecule has 0 spiro atoms. The van der Waals surface area contributed by atoms with Gasteiger partial charge in [0.1, 0.15) is 0 Å². The average Bonchev–Trinajstić information content (AvgIpc) is 2.36. The second-order valence-electron chi connectivity index (χ2n) is 5.13. The van der Waals surface area contributed by atoms with Crippen molar-refractivity contribution in [3.8, 4) is 0 Å². The third kappa shape index (κ3) is 1.96. The smallest absolute Gasteiger partial charge is 0.239 e. The van der Waals surface area contributed by atoms with Crippen molar-refractivity contribution < 1.29 is 9.59 Å². The monoisotopic (exact) mass is 243 g/mol. The van der Waals surface area contributed by atoms with Gasteiger partial charge in [-0.1, -0.05) is 36.4 Å². The lowest BCUT2D eigenvalue weighted by molar-refractivity contribution is -0.162. The number of amides is 2. The molecule has 0 bridgehead atoms. The summed E-state index contributed by atoms with van der Waals surface area (Å²) < 4.78 is 0. The molecule has 1 fully saturated rings. The fourth-order valence-corrected chi connectivity index (χ4v) is 2.01. The highest BCUT2D eigenvalue weighted by Gasteiger charge is 2.45. The topological polar surface area (TPSA) is 37.4 Å². The molecule has 0 N–H and O–H groups in total. The van der Waals surface area contributed by atoms with E-state index in [9.17, 15) is 9.59 Å². The van der Waals surface area contributed by atoms with Gasteiger partial charge in [0.15, 0.2) is 0 Å². The van der Waals surface area contributed by atoms with Crippen LogP contribution in [0.25, 0.3) is 0 Å². The predicted octanol–water partition coefficient (Wildman–Crippen LogP) is 2.70. The van der Waals surface area contributed by atoms with Crippen LogP contribution in [0.2, 0.25) is 0 Å². The van der Waals surface area contributed by atoms with Gasteiger partial charge < -0.3 is 0 Å². The minimum Gasteiger partial charge on any atom is -0.274 e. The van der Waals surface area contributed by atoms with E-state index in [0.717, 1.165) is 5.56 Å². The van der Waals surface area contributed by atoms with E-state index >= 15 is 0 Å². The van der Waals surface area contributed by atoms with Crippen molar-refractivity contribution in [3.63, 3.8) is 0 Å². The van der Waals surface area contributed by atoms with Crippen molar-refractivity contribution >= 4 is 11.8 Å². The highest BCUT2D eigenvalue weighted by Crippen LogP contribution is 2.37. The SMILES string of the molecule is C=CC(C)(C)C(=O)N1C(=O)CC1c1ccccc1. The number of hydrogen-bond acceptors (Lipinski definition) is 2. The molecule has 0 radical (unpaired) electrons. The fourth-order valence-electron chi connectivity index (χ4n) is 2.01. The molecule has 1 aliphatic rings. The van der Waals surface area contributed by atoms with Gasteiger partial charge >= 0.3 is 0 Å². The number of benzene rings is 1. The van der Waals surface area contributed by atoms with Crippen molar-refractivity contribution in [1.29, 1.82) is 0 Å². The second-order valence-corrected chi connectivity index (χ2v) is 5.13. The maximum absolute atomic E-state index is 12.3.